The van der Waals surface area contributed by atoms with Crippen molar-refractivity contribution in [2.75, 3.05) is 50.7 Å². The van der Waals surface area contributed by atoms with E-state index >= 15 is 0 Å². The first-order chi connectivity index (χ1) is 25.7. The van der Waals surface area contributed by atoms with Crippen LogP contribution in [0.1, 0.15) is 56.8 Å². The van der Waals surface area contributed by atoms with Crippen LogP contribution in [0.15, 0.2) is 91.9 Å². The number of halogens is 1. The number of likely N-dealkylation sites (tertiary alicyclic amines) is 1. The van der Waals surface area contributed by atoms with Gasteiger partial charge >= 0.3 is 0 Å². The number of hydrogen-bond acceptors (Lipinski definition) is 8. The van der Waals surface area contributed by atoms with Gasteiger partial charge in [0.15, 0.2) is 11.6 Å². The minimum atomic E-state index is -0.441. The summed E-state index contributed by atoms with van der Waals surface area (Å²) in [5.41, 5.74) is 10.7. The molecule has 1 aromatic carbocycles. The number of aromatic amines is 1. The molecule has 1 aliphatic carbocycles. The van der Waals surface area contributed by atoms with Crippen molar-refractivity contribution >= 4 is 24.1 Å². The number of nitrogens with two attached hydrogens (primary N) is 1. The minimum absolute atomic E-state index is 0.228. The van der Waals surface area contributed by atoms with Crippen LogP contribution in [0.3, 0.4) is 0 Å². The Labute approximate surface area is 311 Å². The van der Waals surface area contributed by atoms with E-state index in [0.717, 1.165) is 80.3 Å². The Morgan fingerprint density at radius 3 is 2.40 bits per heavy atom. The summed E-state index contributed by atoms with van der Waals surface area (Å²) in [5, 5.41) is 7.39. The van der Waals surface area contributed by atoms with Gasteiger partial charge in [-0.1, -0.05) is 31.2 Å². The van der Waals surface area contributed by atoms with E-state index in [1.807, 2.05) is 78.7 Å². The molecule has 53 heavy (non-hydrogen) atoms. The second-order valence-electron chi connectivity index (χ2n) is 13.9. The molecule has 5 heterocycles. The van der Waals surface area contributed by atoms with Gasteiger partial charge in [0, 0.05) is 67.3 Å². The molecule has 11 nitrogen and oxygen atoms in total. The average Bonchev–Trinajstić information content (AvgIpc) is 3.82. The van der Waals surface area contributed by atoms with Gasteiger partial charge in [0.2, 0.25) is 12.3 Å². The SMILES string of the molecule is C/C=C\C=C/c1cc(-c2ccnc(C3CC3)c2)n[nH]1.C=CCC1(C)CCN(CC(=O)N2CCN(c3ccc(-c4ncc(F)cn4)cc3)CC2)C1.NC=O. The predicted octanol–water partition coefficient (Wildman–Crippen LogP) is 6.26. The molecule has 4 aromatic rings. The topological polar surface area (TPSA) is 137 Å². The molecule has 1 atom stereocenters. The number of nitrogens with one attached hydrogen (secondary N) is 1. The fraction of sp³-hybridized carbons (Fsp3) is 0.366. The molecule has 3 aromatic heterocycles. The first-order valence-corrected chi connectivity index (χ1v) is 18.1. The van der Waals surface area contributed by atoms with Gasteiger partial charge in [-0.05, 0) is 93.1 Å². The highest BCUT2D eigenvalue weighted by atomic mass is 19.1. The van der Waals surface area contributed by atoms with Gasteiger partial charge in [-0.2, -0.15) is 5.10 Å². The van der Waals surface area contributed by atoms with Crippen LogP contribution >= 0.6 is 0 Å². The molecule has 2 saturated heterocycles. The Morgan fingerprint density at radius 1 is 1.02 bits per heavy atom. The number of hydrogen-bond donors (Lipinski definition) is 2. The third-order valence-corrected chi connectivity index (χ3v) is 9.63. The van der Waals surface area contributed by atoms with Crippen LogP contribution in [0.25, 0.3) is 28.7 Å². The third kappa shape index (κ3) is 11.2. The highest BCUT2D eigenvalue weighted by Gasteiger charge is 2.34. The van der Waals surface area contributed by atoms with E-state index < -0.39 is 5.82 Å². The van der Waals surface area contributed by atoms with Crippen molar-refractivity contribution in [1.82, 2.24) is 34.9 Å². The zero-order valence-corrected chi connectivity index (χ0v) is 30.7. The molecule has 3 N–H and O–H groups in total. The average molecular weight is 720 g/mol. The lowest BCUT2D eigenvalue weighted by Crippen LogP contribution is -2.51. The van der Waals surface area contributed by atoms with Crippen LogP contribution in [-0.4, -0.2) is 93.1 Å². The molecule has 1 unspecified atom stereocenters. The standard InChI is InChI=1S/C24H30FN5O.C16H17N3.CH3NO/c1-3-8-24(2)9-10-28(18-24)17-22(31)30-13-11-29(12-14-30)21-6-4-19(5-7-21)23-26-15-20(25)16-27-23;1-2-3-4-5-14-11-16(19-18-14)13-8-9-17-15(10-13)12-6-7-12;2-1-3/h3-7,15-16H,1,8-14,17-18H2,2H3;2-5,8-12H,6-7H2,1H3,(H,18,19);1H,(H2,2,3)/b;3-2-,5-4-;. The summed E-state index contributed by atoms with van der Waals surface area (Å²) in [6.45, 7) is 13.7. The van der Waals surface area contributed by atoms with E-state index in [-0.39, 0.29) is 17.7 Å². The largest absolute Gasteiger partial charge is 0.372 e. The molecule has 7 rings (SSSR count). The molecular formula is C41H50FN9O2. The number of amides is 2. The molecule has 2 amide bonds. The number of H-pyrrole nitrogens is 1. The molecule has 0 spiro atoms. The van der Waals surface area contributed by atoms with Crippen LogP contribution < -0.4 is 10.6 Å². The second-order valence-corrected chi connectivity index (χ2v) is 13.9. The van der Waals surface area contributed by atoms with Crippen molar-refractivity contribution < 1.29 is 14.0 Å². The third-order valence-electron chi connectivity index (χ3n) is 9.63. The number of anilines is 1. The summed E-state index contributed by atoms with van der Waals surface area (Å²) in [6, 6.07) is 14.2. The lowest BCUT2D eigenvalue weighted by atomic mass is 9.86. The summed E-state index contributed by atoms with van der Waals surface area (Å²) in [5.74, 6) is 0.969. The van der Waals surface area contributed by atoms with E-state index in [0.29, 0.717) is 18.3 Å². The number of rotatable bonds is 10. The van der Waals surface area contributed by atoms with Gasteiger partial charge in [0.25, 0.3) is 0 Å². The Morgan fingerprint density at radius 2 is 1.74 bits per heavy atom. The van der Waals surface area contributed by atoms with E-state index in [4.69, 9.17) is 4.79 Å². The molecule has 3 fully saturated rings. The van der Waals surface area contributed by atoms with Crippen LogP contribution in [0.2, 0.25) is 0 Å². The van der Waals surface area contributed by atoms with Crippen molar-refractivity contribution in [2.24, 2.45) is 11.1 Å². The Kier molecular flexibility index (Phi) is 13.8. The maximum absolute atomic E-state index is 13.0. The normalized spacial score (nSPS) is 18.7. The molecule has 278 valence electrons. The molecule has 0 bridgehead atoms. The fourth-order valence-electron chi connectivity index (χ4n) is 6.61. The van der Waals surface area contributed by atoms with Gasteiger partial charge in [0.05, 0.1) is 30.3 Å². The smallest absolute Gasteiger partial charge is 0.236 e. The van der Waals surface area contributed by atoms with Gasteiger partial charge in [-0.3, -0.25) is 24.6 Å². The summed E-state index contributed by atoms with van der Waals surface area (Å²) < 4.78 is 13.0. The number of piperazine rings is 1. The lowest BCUT2D eigenvalue weighted by molar-refractivity contribution is -0.132. The van der Waals surface area contributed by atoms with Crippen LogP contribution in [0, 0.1) is 11.2 Å². The van der Waals surface area contributed by atoms with Gasteiger partial charge in [-0.25, -0.2) is 14.4 Å². The van der Waals surface area contributed by atoms with Gasteiger partial charge in [0.1, 0.15) is 0 Å². The highest BCUT2D eigenvalue weighted by molar-refractivity contribution is 5.78. The van der Waals surface area contributed by atoms with Crippen molar-refractivity contribution in [3.63, 3.8) is 0 Å². The molecule has 12 heteroatoms. The quantitative estimate of drug-likeness (QED) is 0.111. The Hall–Kier alpha value is -5.49. The summed E-state index contributed by atoms with van der Waals surface area (Å²) >= 11 is 0. The number of allylic oxidation sites excluding steroid dienone is 4. The van der Waals surface area contributed by atoms with E-state index in [2.05, 4.69) is 66.3 Å². The monoisotopic (exact) mass is 719 g/mol. The van der Waals surface area contributed by atoms with Crippen molar-refractivity contribution in [3.8, 4) is 22.6 Å². The summed E-state index contributed by atoms with van der Waals surface area (Å²) in [4.78, 5) is 40.4. The number of pyridine rings is 1. The van der Waals surface area contributed by atoms with Crippen molar-refractivity contribution in [3.05, 3.63) is 109 Å². The first-order valence-electron chi connectivity index (χ1n) is 18.1. The first kappa shape index (κ1) is 38.7. The number of nitrogens with zero attached hydrogens (tertiary/aromatic N) is 7. The molecule has 1 saturated carbocycles. The van der Waals surface area contributed by atoms with Crippen LogP contribution in [-0.2, 0) is 9.59 Å². The van der Waals surface area contributed by atoms with Crippen LogP contribution in [0.4, 0.5) is 10.1 Å². The zero-order valence-electron chi connectivity index (χ0n) is 30.7. The Balaban J connectivity index is 0.000000209. The van der Waals surface area contributed by atoms with Gasteiger partial charge in [-0.15, -0.1) is 6.58 Å². The lowest BCUT2D eigenvalue weighted by Gasteiger charge is -2.37. The number of primary amides is 1. The maximum atomic E-state index is 13.0. The van der Waals surface area contributed by atoms with E-state index in [1.54, 1.807) is 0 Å². The zero-order chi connectivity index (χ0) is 37.6. The highest BCUT2D eigenvalue weighted by Crippen LogP contribution is 2.39. The minimum Gasteiger partial charge on any atom is -0.372 e. The van der Waals surface area contributed by atoms with E-state index in [9.17, 15) is 9.18 Å². The van der Waals surface area contributed by atoms with Crippen molar-refractivity contribution in [2.45, 2.75) is 45.4 Å². The molecular weight excluding hydrogens is 670 g/mol. The number of aromatic nitrogens is 5. The molecule has 2 aliphatic heterocycles. The summed E-state index contributed by atoms with van der Waals surface area (Å²) in [7, 11) is 0. The molecule has 3 aliphatic rings. The molecule has 0 radical (unpaired) electrons. The predicted molar refractivity (Wildman–Crippen MR) is 208 cm³/mol. The van der Waals surface area contributed by atoms with Gasteiger partial charge < -0.3 is 15.5 Å². The summed E-state index contributed by atoms with van der Waals surface area (Å²) in [6.07, 6.45) is 19.2. The fourth-order valence-corrected chi connectivity index (χ4v) is 6.61. The van der Waals surface area contributed by atoms with E-state index in [1.165, 1.54) is 30.9 Å². The van der Waals surface area contributed by atoms with Crippen molar-refractivity contribution in [1.29, 1.82) is 0 Å². The number of carbonyl (C=O) groups is 2. The second kappa shape index (κ2) is 18.8. The Bertz CT molecular complexity index is 1850. The maximum Gasteiger partial charge on any atom is 0.236 e. The van der Waals surface area contributed by atoms with Crippen LogP contribution in [0.5, 0.6) is 0 Å². The number of carbonyl (C=O) groups excluding carboxylic acids is 2. The number of benzene rings is 1.